The van der Waals surface area contributed by atoms with E-state index in [-0.39, 0.29) is 6.04 Å². The van der Waals surface area contributed by atoms with E-state index >= 15 is 0 Å². The standard InChI is InChI=1S/C16H27BrN2/c1-3-4-5-6-7-8-9-16(19-18)15-11-10-14(17)12-13(15)2/h10-12,16,19H,3-9,18H2,1-2H3. The molecule has 3 N–H and O–H groups in total. The molecule has 1 rings (SSSR count). The van der Waals surface area contributed by atoms with Gasteiger partial charge in [-0.15, -0.1) is 0 Å². The molecular formula is C16H27BrN2. The van der Waals surface area contributed by atoms with Crippen LogP contribution in [0.25, 0.3) is 0 Å². The lowest BCUT2D eigenvalue weighted by Crippen LogP contribution is -2.28. The predicted octanol–water partition coefficient (Wildman–Crippen LogP) is 5.01. The van der Waals surface area contributed by atoms with Crippen molar-refractivity contribution in [3.63, 3.8) is 0 Å². The van der Waals surface area contributed by atoms with Crippen molar-refractivity contribution in [2.75, 3.05) is 0 Å². The van der Waals surface area contributed by atoms with Crippen molar-refractivity contribution in [3.05, 3.63) is 33.8 Å². The van der Waals surface area contributed by atoms with E-state index in [9.17, 15) is 0 Å². The van der Waals surface area contributed by atoms with E-state index < -0.39 is 0 Å². The molecule has 0 saturated heterocycles. The fourth-order valence-electron chi connectivity index (χ4n) is 2.49. The van der Waals surface area contributed by atoms with Crippen LogP contribution in [0.2, 0.25) is 0 Å². The summed E-state index contributed by atoms with van der Waals surface area (Å²) in [5.74, 6) is 5.71. The molecule has 0 saturated carbocycles. The van der Waals surface area contributed by atoms with E-state index in [2.05, 4.69) is 53.4 Å². The molecule has 0 fully saturated rings. The smallest absolute Gasteiger partial charge is 0.0462 e. The van der Waals surface area contributed by atoms with E-state index in [0.717, 1.165) is 10.9 Å². The highest BCUT2D eigenvalue weighted by Crippen LogP contribution is 2.25. The topological polar surface area (TPSA) is 38.0 Å². The SMILES string of the molecule is CCCCCCCCC(NN)c1ccc(Br)cc1C. The fraction of sp³-hybridized carbons (Fsp3) is 0.625. The number of nitrogens with two attached hydrogens (primary N) is 1. The summed E-state index contributed by atoms with van der Waals surface area (Å²) in [6.45, 7) is 4.40. The van der Waals surface area contributed by atoms with Gasteiger partial charge >= 0.3 is 0 Å². The third-order valence-corrected chi connectivity index (χ3v) is 4.15. The number of aryl methyl sites for hydroxylation is 1. The number of unbranched alkanes of at least 4 members (excludes halogenated alkanes) is 5. The first-order valence-corrected chi connectivity index (χ1v) is 8.20. The van der Waals surface area contributed by atoms with Gasteiger partial charge in [-0.2, -0.15) is 0 Å². The summed E-state index contributed by atoms with van der Waals surface area (Å²) >= 11 is 3.50. The molecule has 0 aliphatic rings. The molecule has 1 atom stereocenters. The van der Waals surface area contributed by atoms with Crippen LogP contribution in [0.3, 0.4) is 0 Å². The van der Waals surface area contributed by atoms with Gasteiger partial charge in [-0.05, 0) is 36.6 Å². The molecule has 0 aromatic heterocycles. The normalized spacial score (nSPS) is 12.6. The zero-order valence-corrected chi connectivity index (χ0v) is 13.8. The lowest BCUT2D eigenvalue weighted by atomic mass is 9.96. The lowest BCUT2D eigenvalue weighted by Gasteiger charge is -2.18. The lowest BCUT2D eigenvalue weighted by molar-refractivity contribution is 0.475. The number of hydrogen-bond acceptors (Lipinski definition) is 2. The van der Waals surface area contributed by atoms with Gasteiger partial charge in [-0.3, -0.25) is 11.3 Å². The van der Waals surface area contributed by atoms with Crippen molar-refractivity contribution >= 4 is 15.9 Å². The van der Waals surface area contributed by atoms with Crippen molar-refractivity contribution in [3.8, 4) is 0 Å². The van der Waals surface area contributed by atoms with E-state index in [1.165, 1.54) is 49.7 Å². The zero-order valence-electron chi connectivity index (χ0n) is 12.2. The Labute approximate surface area is 126 Å². The highest BCUT2D eigenvalue weighted by atomic mass is 79.9. The van der Waals surface area contributed by atoms with Crippen molar-refractivity contribution in [2.24, 2.45) is 5.84 Å². The number of hydrazine groups is 1. The average Bonchev–Trinajstić information content (AvgIpc) is 2.39. The van der Waals surface area contributed by atoms with Crippen LogP contribution >= 0.6 is 15.9 Å². The van der Waals surface area contributed by atoms with Crippen LogP contribution in [-0.2, 0) is 0 Å². The van der Waals surface area contributed by atoms with Gasteiger partial charge in [-0.25, -0.2) is 0 Å². The molecule has 1 aromatic rings. The van der Waals surface area contributed by atoms with Crippen LogP contribution in [0, 0.1) is 6.92 Å². The van der Waals surface area contributed by atoms with Crippen LogP contribution in [-0.4, -0.2) is 0 Å². The van der Waals surface area contributed by atoms with Crippen LogP contribution in [0.15, 0.2) is 22.7 Å². The maximum absolute atomic E-state index is 5.71. The zero-order chi connectivity index (χ0) is 14.1. The Morgan fingerprint density at radius 1 is 1.16 bits per heavy atom. The van der Waals surface area contributed by atoms with Crippen LogP contribution in [0.5, 0.6) is 0 Å². The molecule has 0 radical (unpaired) electrons. The minimum absolute atomic E-state index is 0.277. The number of benzene rings is 1. The van der Waals surface area contributed by atoms with Gasteiger partial charge in [0.1, 0.15) is 0 Å². The Bertz CT molecular complexity index is 366. The van der Waals surface area contributed by atoms with Gasteiger partial charge in [0.15, 0.2) is 0 Å². The second kappa shape index (κ2) is 9.51. The summed E-state index contributed by atoms with van der Waals surface area (Å²) < 4.78 is 1.13. The molecule has 1 unspecified atom stereocenters. The number of nitrogens with one attached hydrogen (secondary N) is 1. The third-order valence-electron chi connectivity index (χ3n) is 3.65. The summed E-state index contributed by atoms with van der Waals surface area (Å²) in [4.78, 5) is 0. The summed E-state index contributed by atoms with van der Waals surface area (Å²) in [5.41, 5.74) is 5.58. The Balaban J connectivity index is 2.40. The molecule has 2 nitrogen and oxygen atoms in total. The monoisotopic (exact) mass is 326 g/mol. The minimum atomic E-state index is 0.277. The van der Waals surface area contributed by atoms with Crippen molar-refractivity contribution < 1.29 is 0 Å². The summed E-state index contributed by atoms with van der Waals surface area (Å²) in [7, 11) is 0. The van der Waals surface area contributed by atoms with Crippen LogP contribution in [0.1, 0.15) is 69.0 Å². The van der Waals surface area contributed by atoms with Gasteiger partial charge in [0.05, 0.1) is 0 Å². The molecule has 0 aliphatic carbocycles. The van der Waals surface area contributed by atoms with Gasteiger partial charge < -0.3 is 0 Å². The second-order valence-electron chi connectivity index (χ2n) is 5.28. The van der Waals surface area contributed by atoms with Crippen molar-refractivity contribution in [1.82, 2.24) is 5.43 Å². The predicted molar refractivity (Wildman–Crippen MR) is 86.9 cm³/mol. The third kappa shape index (κ3) is 6.07. The van der Waals surface area contributed by atoms with Gasteiger partial charge in [0.25, 0.3) is 0 Å². The first-order chi connectivity index (χ1) is 9.19. The summed E-state index contributed by atoms with van der Waals surface area (Å²) in [5, 5.41) is 0. The Hall–Kier alpha value is -0.380. The number of rotatable bonds is 9. The van der Waals surface area contributed by atoms with Gasteiger partial charge in [-0.1, -0.05) is 67.4 Å². The molecular weight excluding hydrogens is 300 g/mol. The first-order valence-electron chi connectivity index (χ1n) is 7.41. The van der Waals surface area contributed by atoms with Crippen molar-refractivity contribution in [2.45, 2.75) is 64.8 Å². The van der Waals surface area contributed by atoms with Crippen LogP contribution < -0.4 is 11.3 Å². The van der Waals surface area contributed by atoms with Crippen LogP contribution in [0.4, 0.5) is 0 Å². The molecule has 0 spiro atoms. The molecule has 108 valence electrons. The molecule has 3 heteroatoms. The molecule has 19 heavy (non-hydrogen) atoms. The van der Waals surface area contributed by atoms with E-state index in [1.54, 1.807) is 0 Å². The Morgan fingerprint density at radius 2 is 1.84 bits per heavy atom. The summed E-state index contributed by atoms with van der Waals surface area (Å²) in [6.07, 6.45) is 9.07. The molecule has 1 aromatic carbocycles. The molecule has 0 amide bonds. The van der Waals surface area contributed by atoms with E-state index in [4.69, 9.17) is 5.84 Å². The summed E-state index contributed by atoms with van der Waals surface area (Å²) in [6, 6.07) is 6.69. The number of halogens is 1. The molecule has 0 bridgehead atoms. The second-order valence-corrected chi connectivity index (χ2v) is 6.19. The first kappa shape index (κ1) is 16.7. The van der Waals surface area contributed by atoms with E-state index in [1.807, 2.05) is 0 Å². The highest BCUT2D eigenvalue weighted by molar-refractivity contribution is 9.10. The van der Waals surface area contributed by atoms with Gasteiger partial charge in [0, 0.05) is 10.5 Å². The molecule has 0 aliphatic heterocycles. The van der Waals surface area contributed by atoms with Crippen molar-refractivity contribution in [1.29, 1.82) is 0 Å². The maximum Gasteiger partial charge on any atom is 0.0462 e. The maximum atomic E-state index is 5.71. The average molecular weight is 327 g/mol. The Kier molecular flexibility index (Phi) is 8.35. The highest BCUT2D eigenvalue weighted by Gasteiger charge is 2.11. The van der Waals surface area contributed by atoms with Gasteiger partial charge in [0.2, 0.25) is 0 Å². The van der Waals surface area contributed by atoms with E-state index in [0.29, 0.717) is 0 Å². The Morgan fingerprint density at radius 3 is 2.47 bits per heavy atom. The fourth-order valence-corrected chi connectivity index (χ4v) is 2.96. The largest absolute Gasteiger partial charge is 0.271 e. The minimum Gasteiger partial charge on any atom is -0.271 e. The number of hydrogen-bond donors (Lipinski definition) is 2. The quantitative estimate of drug-likeness (QED) is 0.380. The molecule has 0 heterocycles.